The molecule has 3 heteroatoms. The van der Waals surface area contributed by atoms with Crippen LogP contribution in [0.1, 0.15) is 0 Å². The molecule has 0 fully saturated rings. The van der Waals surface area contributed by atoms with Crippen molar-refractivity contribution in [3.63, 3.8) is 0 Å². The molecular formula is C58H37N3. The Morgan fingerprint density at radius 3 is 1.61 bits per heavy atom. The zero-order chi connectivity index (χ0) is 40.0. The lowest BCUT2D eigenvalue weighted by Crippen LogP contribution is -2.09. The molecule has 3 aromatic heterocycles. The fourth-order valence-electron chi connectivity index (χ4n) is 10.2. The molecule has 284 valence electrons. The molecule has 0 saturated carbocycles. The number of aromatic nitrogens is 2. The SMILES string of the molecule is c1ccc(-c2ccc(N(c3ccccc3)c3ccc(-c4cccc5c6c7ccccc7cc7c8cccc9c8c8c(cccc8n(c45)c76)n9-c4ccccc4)cc3)cc2)cc1. The van der Waals surface area contributed by atoms with Gasteiger partial charge < -0.3 is 13.9 Å². The molecule has 61 heavy (non-hydrogen) atoms. The van der Waals surface area contributed by atoms with Crippen molar-refractivity contribution < 1.29 is 0 Å². The third-order valence-electron chi connectivity index (χ3n) is 12.8. The molecule has 0 radical (unpaired) electrons. The number of fused-ring (bicyclic) bond motifs is 7. The van der Waals surface area contributed by atoms with Crippen molar-refractivity contribution in [2.45, 2.75) is 0 Å². The van der Waals surface area contributed by atoms with Crippen LogP contribution in [0.15, 0.2) is 224 Å². The predicted octanol–water partition coefficient (Wildman–Crippen LogP) is 15.9. The number of hydrogen-bond donors (Lipinski definition) is 0. The summed E-state index contributed by atoms with van der Waals surface area (Å²) in [6.07, 6.45) is 0. The van der Waals surface area contributed by atoms with Crippen LogP contribution >= 0.6 is 0 Å². The Kier molecular flexibility index (Phi) is 7.31. The quantitative estimate of drug-likeness (QED) is 0.164. The topological polar surface area (TPSA) is 12.6 Å². The van der Waals surface area contributed by atoms with E-state index in [1.165, 1.54) is 92.9 Å². The number of hydrogen-bond acceptors (Lipinski definition) is 1. The highest BCUT2D eigenvalue weighted by atomic mass is 15.1. The van der Waals surface area contributed by atoms with Crippen LogP contribution in [0.3, 0.4) is 0 Å². The maximum absolute atomic E-state index is 2.59. The molecule has 0 aliphatic carbocycles. The lowest BCUT2D eigenvalue weighted by molar-refractivity contribution is 1.18. The molecule has 13 rings (SSSR count). The first-order chi connectivity index (χ1) is 30.3. The first kappa shape index (κ1) is 33.8. The Morgan fingerprint density at radius 2 is 0.852 bits per heavy atom. The van der Waals surface area contributed by atoms with Gasteiger partial charge in [0.05, 0.1) is 27.6 Å². The first-order valence-electron chi connectivity index (χ1n) is 21.0. The Hall–Kier alpha value is -8.14. The minimum absolute atomic E-state index is 1.10. The Morgan fingerprint density at radius 1 is 0.311 bits per heavy atom. The highest BCUT2D eigenvalue weighted by Gasteiger charge is 2.24. The van der Waals surface area contributed by atoms with Gasteiger partial charge in [-0.3, -0.25) is 0 Å². The Labute approximate surface area is 352 Å². The van der Waals surface area contributed by atoms with E-state index in [-0.39, 0.29) is 0 Å². The number of para-hydroxylation sites is 3. The third-order valence-corrected chi connectivity index (χ3v) is 12.8. The molecular weight excluding hydrogens is 739 g/mol. The van der Waals surface area contributed by atoms with Crippen molar-refractivity contribution in [1.82, 2.24) is 8.97 Å². The first-order valence-corrected chi connectivity index (χ1v) is 21.0. The van der Waals surface area contributed by atoms with Gasteiger partial charge in [-0.1, -0.05) is 152 Å². The van der Waals surface area contributed by atoms with E-state index in [0.29, 0.717) is 0 Å². The van der Waals surface area contributed by atoms with Crippen molar-refractivity contribution >= 4 is 87.7 Å². The number of nitrogens with zero attached hydrogens (tertiary/aromatic N) is 3. The van der Waals surface area contributed by atoms with Gasteiger partial charge in [0, 0.05) is 55.2 Å². The molecule has 0 unspecified atom stereocenters. The van der Waals surface area contributed by atoms with Crippen molar-refractivity contribution in [2.75, 3.05) is 4.90 Å². The van der Waals surface area contributed by atoms with E-state index in [1.807, 2.05) is 0 Å². The Balaban J connectivity index is 1.08. The van der Waals surface area contributed by atoms with E-state index < -0.39 is 0 Å². The Bertz CT molecular complexity index is 3770. The predicted molar refractivity (Wildman–Crippen MR) is 259 cm³/mol. The van der Waals surface area contributed by atoms with Crippen molar-refractivity contribution in [3.8, 4) is 27.9 Å². The average molecular weight is 776 g/mol. The van der Waals surface area contributed by atoms with Crippen LogP contribution in [0.4, 0.5) is 17.1 Å². The van der Waals surface area contributed by atoms with Crippen LogP contribution in [0.25, 0.3) is 98.6 Å². The van der Waals surface area contributed by atoms with Crippen LogP contribution < -0.4 is 4.90 Å². The molecule has 0 spiro atoms. The lowest BCUT2D eigenvalue weighted by atomic mass is 9.97. The molecule has 0 amide bonds. The summed E-state index contributed by atoms with van der Waals surface area (Å²) in [6.45, 7) is 0. The summed E-state index contributed by atoms with van der Waals surface area (Å²) in [7, 11) is 0. The van der Waals surface area contributed by atoms with Gasteiger partial charge in [-0.25, -0.2) is 0 Å². The van der Waals surface area contributed by atoms with E-state index >= 15 is 0 Å². The van der Waals surface area contributed by atoms with Crippen molar-refractivity contribution in [1.29, 1.82) is 0 Å². The summed E-state index contributed by atoms with van der Waals surface area (Å²) in [5.41, 5.74) is 15.4. The van der Waals surface area contributed by atoms with E-state index in [9.17, 15) is 0 Å². The zero-order valence-corrected chi connectivity index (χ0v) is 33.2. The van der Waals surface area contributed by atoms with Crippen LogP contribution in [0.5, 0.6) is 0 Å². The molecule has 0 saturated heterocycles. The highest BCUT2D eigenvalue weighted by Crippen LogP contribution is 2.48. The standard InChI is InChI=1S/C58H37N3/c1-4-15-38(16-5-1)39-29-33-44(34-30-39)59(42-18-6-2-7-19-42)45-35-31-40(32-36-45)47-23-12-25-49-54-46-22-11-10-17-41(46)37-50-48-24-13-26-51-55(48)56-52(60(51)43-20-8-3-9-21-43)27-14-28-53(56)61(57(47)49)58(50)54/h1-37H. The zero-order valence-electron chi connectivity index (χ0n) is 33.2. The van der Waals surface area contributed by atoms with Crippen LogP contribution in [0, 0.1) is 0 Å². The molecule has 0 bridgehead atoms. The van der Waals surface area contributed by atoms with E-state index in [1.54, 1.807) is 0 Å². The molecule has 0 aliphatic heterocycles. The minimum Gasteiger partial charge on any atom is -0.311 e. The van der Waals surface area contributed by atoms with Crippen LogP contribution in [0.2, 0.25) is 0 Å². The van der Waals surface area contributed by atoms with Gasteiger partial charge in [-0.2, -0.15) is 0 Å². The summed E-state index contributed by atoms with van der Waals surface area (Å²) in [5.74, 6) is 0. The van der Waals surface area contributed by atoms with Gasteiger partial charge in [0.2, 0.25) is 0 Å². The second-order valence-electron chi connectivity index (χ2n) is 16.1. The normalized spacial score (nSPS) is 11.9. The van der Waals surface area contributed by atoms with Gasteiger partial charge in [0.15, 0.2) is 0 Å². The van der Waals surface area contributed by atoms with Crippen LogP contribution in [-0.4, -0.2) is 8.97 Å². The minimum atomic E-state index is 1.10. The number of anilines is 3. The number of rotatable bonds is 6. The molecule has 13 aromatic rings. The smallest absolute Gasteiger partial charge is 0.0626 e. The molecule has 3 nitrogen and oxygen atoms in total. The maximum Gasteiger partial charge on any atom is 0.0626 e. The van der Waals surface area contributed by atoms with Gasteiger partial charge in [0.1, 0.15) is 0 Å². The maximum atomic E-state index is 2.59. The van der Waals surface area contributed by atoms with Gasteiger partial charge in [-0.05, 0) is 106 Å². The molecule has 10 aromatic carbocycles. The van der Waals surface area contributed by atoms with E-state index in [2.05, 4.69) is 238 Å². The summed E-state index contributed by atoms with van der Waals surface area (Å²) >= 11 is 0. The highest BCUT2D eigenvalue weighted by molar-refractivity contribution is 6.35. The average Bonchev–Trinajstić information content (AvgIpc) is 3.83. The summed E-state index contributed by atoms with van der Waals surface area (Å²) in [4.78, 5) is 2.34. The summed E-state index contributed by atoms with van der Waals surface area (Å²) in [6, 6.07) is 82.0. The second-order valence-corrected chi connectivity index (χ2v) is 16.1. The molecule has 0 N–H and O–H groups in total. The van der Waals surface area contributed by atoms with Gasteiger partial charge >= 0.3 is 0 Å². The molecule has 3 heterocycles. The molecule has 0 aliphatic rings. The molecule has 0 atom stereocenters. The summed E-state index contributed by atoms with van der Waals surface area (Å²) < 4.78 is 5.04. The van der Waals surface area contributed by atoms with E-state index in [0.717, 1.165) is 22.7 Å². The van der Waals surface area contributed by atoms with Crippen LogP contribution in [-0.2, 0) is 0 Å². The van der Waals surface area contributed by atoms with Crippen molar-refractivity contribution in [3.05, 3.63) is 224 Å². The van der Waals surface area contributed by atoms with Gasteiger partial charge in [-0.15, -0.1) is 0 Å². The van der Waals surface area contributed by atoms with Gasteiger partial charge in [0.25, 0.3) is 0 Å². The monoisotopic (exact) mass is 775 g/mol. The third kappa shape index (κ3) is 4.98. The largest absolute Gasteiger partial charge is 0.311 e. The summed E-state index contributed by atoms with van der Waals surface area (Å²) in [5, 5.41) is 10.2. The number of benzene rings is 10. The fraction of sp³-hybridized carbons (Fsp3) is 0. The second kappa shape index (κ2) is 13.2. The van der Waals surface area contributed by atoms with Crippen molar-refractivity contribution in [2.24, 2.45) is 0 Å². The van der Waals surface area contributed by atoms with E-state index in [4.69, 9.17) is 0 Å². The fourth-order valence-corrected chi connectivity index (χ4v) is 10.2. The lowest BCUT2D eigenvalue weighted by Gasteiger charge is -2.26.